The molecule has 0 atom stereocenters. The number of hydrogen-bond acceptors (Lipinski definition) is 4. The molecule has 2 aromatic rings. The Kier molecular flexibility index (Phi) is 4.28. The van der Waals surface area contributed by atoms with Crippen molar-refractivity contribution in [3.05, 3.63) is 54.1 Å². The zero-order valence-electron chi connectivity index (χ0n) is 12.1. The Labute approximate surface area is 130 Å². The number of rotatable bonds is 4. The quantitative estimate of drug-likeness (QED) is 0.911. The lowest BCUT2D eigenvalue weighted by molar-refractivity contribution is 0.582. The van der Waals surface area contributed by atoms with Gasteiger partial charge in [0.25, 0.3) is 10.0 Å². The summed E-state index contributed by atoms with van der Waals surface area (Å²) in [5.41, 5.74) is 1.41. The summed E-state index contributed by atoms with van der Waals surface area (Å²) >= 11 is 0. The normalized spacial score (nSPS) is 12.1. The van der Waals surface area contributed by atoms with E-state index in [1.807, 2.05) is 6.92 Å². The van der Waals surface area contributed by atoms with Gasteiger partial charge in [-0.15, -0.1) is 0 Å². The first-order chi connectivity index (χ1) is 10.1. The lowest BCUT2D eigenvalue weighted by Crippen LogP contribution is -2.28. The summed E-state index contributed by atoms with van der Waals surface area (Å²) in [4.78, 5) is -0.769. The number of nitrogens with zero attached hydrogens (tertiary/aromatic N) is 1. The predicted octanol–water partition coefficient (Wildman–Crippen LogP) is 1.47. The first-order valence-corrected chi connectivity index (χ1v) is 9.30. The van der Waals surface area contributed by atoms with Crippen molar-refractivity contribution in [1.29, 1.82) is 0 Å². The molecule has 0 spiro atoms. The monoisotopic (exact) mass is 340 g/mol. The molecule has 0 aliphatic rings. The molecule has 0 radical (unpaired) electrons. The minimum absolute atomic E-state index is 0.347. The van der Waals surface area contributed by atoms with Crippen LogP contribution in [0.15, 0.2) is 58.3 Å². The molecule has 8 heteroatoms. The Balaban J connectivity index is 2.59. The summed E-state index contributed by atoms with van der Waals surface area (Å²) < 4.78 is 49.6. The van der Waals surface area contributed by atoms with Crippen LogP contribution in [0.1, 0.15) is 5.56 Å². The van der Waals surface area contributed by atoms with Crippen molar-refractivity contribution < 1.29 is 16.8 Å². The fourth-order valence-electron chi connectivity index (χ4n) is 1.94. The molecule has 2 N–H and O–H groups in total. The molecule has 0 saturated heterocycles. The molecular weight excluding hydrogens is 324 g/mol. The average Bonchev–Trinajstić information content (AvgIpc) is 2.46. The Morgan fingerprint density at radius 1 is 0.864 bits per heavy atom. The van der Waals surface area contributed by atoms with E-state index in [2.05, 4.69) is 0 Å². The minimum Gasteiger partial charge on any atom is -0.269 e. The molecule has 2 aromatic carbocycles. The van der Waals surface area contributed by atoms with Gasteiger partial charge >= 0.3 is 0 Å². The van der Waals surface area contributed by atoms with Crippen LogP contribution in [0.2, 0.25) is 0 Å². The van der Waals surface area contributed by atoms with Crippen molar-refractivity contribution in [3.8, 4) is 0 Å². The molecule has 0 aromatic heterocycles. The summed E-state index contributed by atoms with van der Waals surface area (Å²) in [6.07, 6.45) is 0. The topological polar surface area (TPSA) is 97.5 Å². The van der Waals surface area contributed by atoms with Gasteiger partial charge < -0.3 is 0 Å². The van der Waals surface area contributed by atoms with Crippen LogP contribution in [0.3, 0.4) is 0 Å². The molecule has 0 heterocycles. The highest BCUT2D eigenvalue weighted by atomic mass is 32.2. The molecule has 0 fully saturated rings. The van der Waals surface area contributed by atoms with Crippen LogP contribution in [-0.4, -0.2) is 23.9 Å². The van der Waals surface area contributed by atoms with Crippen LogP contribution >= 0.6 is 0 Å². The highest BCUT2D eigenvalue weighted by Gasteiger charge is 2.28. The van der Waals surface area contributed by atoms with Crippen molar-refractivity contribution in [3.63, 3.8) is 0 Å². The van der Waals surface area contributed by atoms with Gasteiger partial charge in [0.05, 0.1) is 5.69 Å². The van der Waals surface area contributed by atoms with Crippen molar-refractivity contribution in [1.82, 2.24) is 0 Å². The number of anilines is 1. The third kappa shape index (κ3) is 3.13. The number of hydrogen-bond donors (Lipinski definition) is 1. The molecule has 0 saturated carbocycles. The maximum absolute atomic E-state index is 12.7. The minimum atomic E-state index is -4.14. The summed E-state index contributed by atoms with van der Waals surface area (Å²) in [7, 11) is -6.83. The van der Waals surface area contributed by atoms with Gasteiger partial charge in [0, 0.05) is 7.05 Å². The largest absolute Gasteiger partial charge is 0.269 e. The molecule has 0 amide bonds. The Bertz CT molecular complexity index is 889. The third-order valence-electron chi connectivity index (χ3n) is 3.19. The van der Waals surface area contributed by atoms with Crippen LogP contribution in [0.5, 0.6) is 0 Å². The molecular formula is C14H16N2O4S2. The lowest BCUT2D eigenvalue weighted by Gasteiger charge is -2.21. The van der Waals surface area contributed by atoms with E-state index in [0.29, 0.717) is 5.69 Å². The Morgan fingerprint density at radius 2 is 1.36 bits per heavy atom. The highest BCUT2D eigenvalue weighted by Crippen LogP contribution is 2.26. The maximum atomic E-state index is 12.7. The van der Waals surface area contributed by atoms with Crippen LogP contribution in [0.4, 0.5) is 5.69 Å². The Morgan fingerprint density at radius 3 is 1.86 bits per heavy atom. The standard InChI is InChI=1S/C14H16N2O4S2/c1-11-7-9-12(10-8-11)16(2)22(19,20)14-6-4-3-5-13(14)21(15,17)18/h3-10H,1-2H3,(H2,15,17,18). The molecule has 0 aliphatic carbocycles. The molecule has 22 heavy (non-hydrogen) atoms. The van der Waals surface area contributed by atoms with Crippen LogP contribution in [0, 0.1) is 6.92 Å². The van der Waals surface area contributed by atoms with E-state index >= 15 is 0 Å². The van der Waals surface area contributed by atoms with Gasteiger partial charge in [-0.3, -0.25) is 4.31 Å². The van der Waals surface area contributed by atoms with E-state index in [9.17, 15) is 16.8 Å². The zero-order valence-corrected chi connectivity index (χ0v) is 13.7. The summed E-state index contributed by atoms with van der Waals surface area (Å²) in [6, 6.07) is 12.1. The molecule has 0 bridgehead atoms. The molecule has 2 rings (SSSR count). The smallest absolute Gasteiger partial charge is 0.265 e. The number of benzene rings is 2. The van der Waals surface area contributed by atoms with Gasteiger partial charge in [-0.25, -0.2) is 22.0 Å². The van der Waals surface area contributed by atoms with E-state index in [0.717, 1.165) is 9.87 Å². The second-order valence-electron chi connectivity index (χ2n) is 4.80. The lowest BCUT2D eigenvalue weighted by atomic mass is 10.2. The summed E-state index contributed by atoms with van der Waals surface area (Å²) in [5.74, 6) is 0. The van der Waals surface area contributed by atoms with E-state index < -0.39 is 24.9 Å². The van der Waals surface area contributed by atoms with E-state index in [4.69, 9.17) is 5.14 Å². The molecule has 118 valence electrons. The fraction of sp³-hybridized carbons (Fsp3) is 0.143. The molecule has 0 aliphatic heterocycles. The van der Waals surface area contributed by atoms with Crippen LogP contribution in [0.25, 0.3) is 0 Å². The highest BCUT2D eigenvalue weighted by molar-refractivity contribution is 7.94. The van der Waals surface area contributed by atoms with Gasteiger partial charge in [-0.1, -0.05) is 29.8 Å². The van der Waals surface area contributed by atoms with Gasteiger partial charge in [-0.2, -0.15) is 0 Å². The van der Waals surface area contributed by atoms with Crippen molar-refractivity contribution in [2.45, 2.75) is 16.7 Å². The van der Waals surface area contributed by atoms with Gasteiger partial charge in [0.2, 0.25) is 10.0 Å². The van der Waals surface area contributed by atoms with E-state index in [1.165, 1.54) is 31.3 Å². The van der Waals surface area contributed by atoms with E-state index in [1.54, 1.807) is 24.3 Å². The number of primary sulfonamides is 1. The third-order valence-corrected chi connectivity index (χ3v) is 6.13. The second kappa shape index (κ2) is 5.71. The number of sulfonamides is 2. The predicted molar refractivity (Wildman–Crippen MR) is 84.6 cm³/mol. The first-order valence-electron chi connectivity index (χ1n) is 6.31. The Hall–Kier alpha value is -1.90. The maximum Gasteiger partial charge on any atom is 0.265 e. The molecule has 6 nitrogen and oxygen atoms in total. The van der Waals surface area contributed by atoms with E-state index in [-0.39, 0.29) is 4.90 Å². The van der Waals surface area contributed by atoms with Crippen molar-refractivity contribution in [2.75, 3.05) is 11.4 Å². The fourth-order valence-corrected chi connectivity index (χ4v) is 4.49. The van der Waals surface area contributed by atoms with Gasteiger partial charge in [0.1, 0.15) is 9.79 Å². The molecule has 0 unspecified atom stereocenters. The number of nitrogens with two attached hydrogens (primary N) is 1. The van der Waals surface area contributed by atoms with Gasteiger partial charge in [0.15, 0.2) is 0 Å². The number of aryl methyl sites for hydroxylation is 1. The van der Waals surface area contributed by atoms with Crippen molar-refractivity contribution in [2.24, 2.45) is 5.14 Å². The SMILES string of the molecule is Cc1ccc(N(C)S(=O)(=O)c2ccccc2S(N)(=O)=O)cc1. The summed E-state index contributed by atoms with van der Waals surface area (Å²) in [6.45, 7) is 1.88. The van der Waals surface area contributed by atoms with Crippen molar-refractivity contribution >= 4 is 25.7 Å². The first kappa shape index (κ1) is 16.5. The average molecular weight is 340 g/mol. The second-order valence-corrected chi connectivity index (χ2v) is 8.27. The van der Waals surface area contributed by atoms with Gasteiger partial charge in [-0.05, 0) is 31.2 Å². The summed E-state index contributed by atoms with van der Waals surface area (Å²) in [5, 5.41) is 5.10. The van der Waals surface area contributed by atoms with Crippen LogP contribution in [-0.2, 0) is 20.0 Å². The van der Waals surface area contributed by atoms with Crippen LogP contribution < -0.4 is 9.44 Å². The zero-order chi connectivity index (χ0) is 16.5.